The number of nitrogens with two attached hydrogens (primary N) is 1. The maximum atomic E-state index is 15.1. The molecule has 2 amide bonds. The van der Waals surface area contributed by atoms with E-state index in [1.807, 2.05) is 12.2 Å². The van der Waals surface area contributed by atoms with Crippen LogP contribution in [0.15, 0.2) is 81.1 Å². The highest BCUT2D eigenvalue weighted by Crippen LogP contribution is 2.31. The normalized spacial score (nSPS) is 20.2. The van der Waals surface area contributed by atoms with E-state index in [9.17, 15) is 22.4 Å². The van der Waals surface area contributed by atoms with Crippen molar-refractivity contribution in [3.05, 3.63) is 82.4 Å². The molecule has 3 aliphatic rings. The minimum atomic E-state index is -4.74. The molecule has 248 valence electrons. The highest BCUT2D eigenvalue weighted by molar-refractivity contribution is 6.05. The van der Waals surface area contributed by atoms with Crippen LogP contribution in [0.3, 0.4) is 0 Å². The lowest BCUT2D eigenvalue weighted by atomic mass is 10.1. The van der Waals surface area contributed by atoms with Crippen molar-refractivity contribution >= 4 is 30.0 Å². The molecule has 1 aromatic carbocycles. The van der Waals surface area contributed by atoms with Gasteiger partial charge in [-0.25, -0.2) is 23.6 Å². The number of benzene rings is 1. The van der Waals surface area contributed by atoms with E-state index < -0.39 is 35.1 Å². The Balaban J connectivity index is 1.46. The Hall–Kier alpha value is -4.30. The Morgan fingerprint density at radius 3 is 2.74 bits per heavy atom. The van der Waals surface area contributed by atoms with Gasteiger partial charge in [-0.15, -0.1) is 0 Å². The standard InChI is InChI=1S/C32H38F5N7O2/c1-3-7-23(9-5-14-43-15-6-10-24(43)19-46-2)44-29(30(38)39-20-40-44)17-21-12-13-27(26(34)16-21)41-31(45)42-28-18-22(32(35,36)37)8-4-11-25(28)33/h7-8,11-13,16-18,20,24H,3-6,9-10,14-15,19H2,1-2H3,(H2,38,39,40)(H2,41,42,45)/b23-7-,29-17+/t24-/m0/s1. The summed E-state index contributed by atoms with van der Waals surface area (Å²) in [5.41, 5.74) is 5.90. The first-order valence-electron chi connectivity index (χ1n) is 15.0. The molecule has 1 fully saturated rings. The number of allylic oxidation sites excluding steroid dienone is 7. The first-order chi connectivity index (χ1) is 22.0. The van der Waals surface area contributed by atoms with E-state index in [1.165, 1.54) is 18.5 Å². The number of methoxy groups -OCH3 is 1. The third-order valence-corrected chi connectivity index (χ3v) is 7.61. The fourth-order valence-corrected chi connectivity index (χ4v) is 5.44. The molecular formula is C32H38F5N7O2. The van der Waals surface area contributed by atoms with Crippen molar-refractivity contribution in [3.63, 3.8) is 0 Å². The SMILES string of the molecule is CC/C=C(/CCCN1CCC[C@H]1COC)N1N=CN=C(N)/C1=C\c1ccc(NC(=O)NC2=CC(C(F)(F)F)=CCC=C2F)c(F)c1. The molecule has 0 radical (unpaired) electrons. The second-order valence-electron chi connectivity index (χ2n) is 10.9. The fraction of sp³-hybridized carbons (Fsp3) is 0.406. The minimum Gasteiger partial charge on any atom is -0.383 e. The van der Waals surface area contributed by atoms with Gasteiger partial charge in [-0.05, 0) is 87.5 Å². The van der Waals surface area contributed by atoms with Crippen LogP contribution in [0.1, 0.15) is 51.0 Å². The molecule has 1 saturated heterocycles. The zero-order valence-corrected chi connectivity index (χ0v) is 25.7. The number of carbonyl (C=O) groups excluding carboxylic acids is 1. The molecule has 0 spiro atoms. The lowest BCUT2D eigenvalue weighted by Crippen LogP contribution is -2.34. The molecule has 0 aromatic heterocycles. The van der Waals surface area contributed by atoms with Gasteiger partial charge in [-0.3, -0.25) is 4.90 Å². The number of carbonyl (C=O) groups is 1. The number of aliphatic imine (C=N–C) groups is 1. The number of hydrogen-bond donors (Lipinski definition) is 3. The number of amidine groups is 1. The molecule has 4 N–H and O–H groups in total. The van der Waals surface area contributed by atoms with E-state index in [0.29, 0.717) is 36.4 Å². The van der Waals surface area contributed by atoms with E-state index in [-0.39, 0.29) is 17.9 Å². The maximum absolute atomic E-state index is 15.1. The molecule has 1 aliphatic carbocycles. The predicted octanol–water partition coefficient (Wildman–Crippen LogP) is 6.72. The monoisotopic (exact) mass is 647 g/mol. The third kappa shape index (κ3) is 9.13. The summed E-state index contributed by atoms with van der Waals surface area (Å²) in [6, 6.07) is 3.23. The van der Waals surface area contributed by atoms with Crippen LogP contribution in [0, 0.1) is 5.82 Å². The quantitative estimate of drug-likeness (QED) is 0.231. The zero-order chi connectivity index (χ0) is 33.3. The molecule has 0 bridgehead atoms. The van der Waals surface area contributed by atoms with Gasteiger partial charge in [0.25, 0.3) is 0 Å². The van der Waals surface area contributed by atoms with Crippen molar-refractivity contribution in [1.29, 1.82) is 0 Å². The molecule has 2 aliphatic heterocycles. The third-order valence-electron chi connectivity index (χ3n) is 7.61. The summed E-state index contributed by atoms with van der Waals surface area (Å²) in [6.45, 7) is 4.66. The fourth-order valence-electron chi connectivity index (χ4n) is 5.44. The summed E-state index contributed by atoms with van der Waals surface area (Å²) in [4.78, 5) is 19.0. The Morgan fingerprint density at radius 2 is 2.02 bits per heavy atom. The topological polar surface area (TPSA) is 108 Å². The Morgan fingerprint density at radius 1 is 1.22 bits per heavy atom. The number of nitrogens with one attached hydrogen (secondary N) is 2. The van der Waals surface area contributed by atoms with Gasteiger partial charge in [0.1, 0.15) is 23.7 Å². The number of urea groups is 1. The average Bonchev–Trinajstić information content (AvgIpc) is 3.35. The van der Waals surface area contributed by atoms with Crippen molar-refractivity contribution < 1.29 is 31.5 Å². The van der Waals surface area contributed by atoms with E-state index in [4.69, 9.17) is 10.5 Å². The molecule has 46 heavy (non-hydrogen) atoms. The second kappa shape index (κ2) is 15.8. The van der Waals surface area contributed by atoms with Gasteiger partial charge in [-0.1, -0.05) is 25.1 Å². The molecule has 0 unspecified atom stereocenters. The average molecular weight is 648 g/mol. The number of halogens is 5. The number of anilines is 1. The largest absolute Gasteiger partial charge is 0.416 e. The van der Waals surface area contributed by atoms with Gasteiger partial charge in [-0.2, -0.15) is 18.3 Å². The number of hydrazone groups is 1. The van der Waals surface area contributed by atoms with Crippen LogP contribution in [0.4, 0.5) is 32.4 Å². The van der Waals surface area contributed by atoms with Crippen LogP contribution in [-0.4, -0.2) is 67.1 Å². The number of alkyl halides is 3. The van der Waals surface area contributed by atoms with Crippen molar-refractivity contribution in [2.45, 2.75) is 57.7 Å². The zero-order valence-electron chi connectivity index (χ0n) is 25.7. The second-order valence-corrected chi connectivity index (χ2v) is 10.9. The maximum Gasteiger partial charge on any atom is 0.416 e. The summed E-state index contributed by atoms with van der Waals surface area (Å²) in [6.07, 6.45) is 6.77. The smallest absolute Gasteiger partial charge is 0.383 e. The lowest BCUT2D eigenvalue weighted by molar-refractivity contribution is -0.0884. The van der Waals surface area contributed by atoms with Crippen LogP contribution in [0.25, 0.3) is 6.08 Å². The van der Waals surface area contributed by atoms with E-state index >= 15 is 4.39 Å². The van der Waals surface area contributed by atoms with Gasteiger partial charge >= 0.3 is 12.2 Å². The van der Waals surface area contributed by atoms with Crippen molar-refractivity contribution in [2.24, 2.45) is 15.8 Å². The number of likely N-dealkylation sites (tertiary alicyclic amines) is 1. The number of nitrogens with zero attached hydrogens (tertiary/aromatic N) is 4. The number of rotatable bonds is 11. The van der Waals surface area contributed by atoms with E-state index in [0.717, 1.165) is 62.7 Å². The molecule has 2 heterocycles. The van der Waals surface area contributed by atoms with Gasteiger partial charge in [0.2, 0.25) is 0 Å². The summed E-state index contributed by atoms with van der Waals surface area (Å²) < 4.78 is 74.3. The van der Waals surface area contributed by atoms with Crippen LogP contribution in [-0.2, 0) is 4.74 Å². The van der Waals surface area contributed by atoms with Crippen molar-refractivity contribution in [2.75, 3.05) is 32.1 Å². The van der Waals surface area contributed by atoms with Gasteiger partial charge < -0.3 is 21.1 Å². The Bertz CT molecular complexity index is 1490. The molecule has 1 aromatic rings. The number of amides is 2. The summed E-state index contributed by atoms with van der Waals surface area (Å²) >= 11 is 0. The highest BCUT2D eigenvalue weighted by Gasteiger charge is 2.33. The first kappa shape index (κ1) is 34.6. The van der Waals surface area contributed by atoms with Crippen molar-refractivity contribution in [3.8, 4) is 0 Å². The first-order valence-corrected chi connectivity index (χ1v) is 15.0. The van der Waals surface area contributed by atoms with Crippen molar-refractivity contribution in [1.82, 2.24) is 15.2 Å². The molecule has 4 rings (SSSR count). The molecule has 9 nitrogen and oxygen atoms in total. The van der Waals surface area contributed by atoms with Crippen LogP contribution < -0.4 is 16.4 Å². The van der Waals surface area contributed by atoms with Gasteiger partial charge in [0.05, 0.1) is 23.6 Å². The highest BCUT2D eigenvalue weighted by atomic mass is 19.4. The van der Waals surface area contributed by atoms with E-state index in [1.54, 1.807) is 18.2 Å². The number of ether oxygens (including phenoxy) is 1. The van der Waals surface area contributed by atoms with Crippen LogP contribution in [0.2, 0.25) is 0 Å². The molecule has 14 heteroatoms. The lowest BCUT2D eigenvalue weighted by Gasteiger charge is -2.28. The summed E-state index contributed by atoms with van der Waals surface area (Å²) in [5, 5.41) is 10.4. The Labute approximate surface area is 264 Å². The summed E-state index contributed by atoms with van der Waals surface area (Å²) in [5.74, 6) is -1.71. The molecule has 1 atom stereocenters. The van der Waals surface area contributed by atoms with Crippen LogP contribution in [0.5, 0.6) is 0 Å². The Kier molecular flexibility index (Phi) is 11.9. The van der Waals surface area contributed by atoms with Crippen LogP contribution >= 0.6 is 0 Å². The van der Waals surface area contributed by atoms with Gasteiger partial charge in [0.15, 0.2) is 5.84 Å². The molecular weight excluding hydrogens is 609 g/mol. The predicted molar refractivity (Wildman–Crippen MR) is 169 cm³/mol. The minimum absolute atomic E-state index is 0.178. The van der Waals surface area contributed by atoms with E-state index in [2.05, 4.69) is 26.4 Å². The number of hydrogen-bond acceptors (Lipinski definition) is 7. The molecule has 0 saturated carbocycles. The summed E-state index contributed by atoms with van der Waals surface area (Å²) in [7, 11) is 1.72. The van der Waals surface area contributed by atoms with Gasteiger partial charge in [0, 0.05) is 18.8 Å².